The maximum Gasteiger partial charge on any atom is 0.235 e. The topological polar surface area (TPSA) is 97.6 Å². The number of nitrogens with one attached hydrogen (secondary N) is 1. The molecule has 0 aliphatic carbocycles. The van der Waals surface area contributed by atoms with E-state index in [-0.39, 0.29) is 0 Å². The van der Waals surface area contributed by atoms with Gasteiger partial charge in [-0.15, -0.1) is 0 Å². The minimum atomic E-state index is -1.06. The first-order valence-corrected chi connectivity index (χ1v) is 4.72. The average Bonchev–Trinajstić information content (AvgIpc) is 2.82. The van der Waals surface area contributed by atoms with Gasteiger partial charge in [0, 0.05) is 24.2 Å². The first-order valence-electron chi connectivity index (χ1n) is 4.72. The molecule has 16 heavy (non-hydrogen) atoms. The van der Waals surface area contributed by atoms with Gasteiger partial charge in [0.15, 0.2) is 0 Å². The highest BCUT2D eigenvalue weighted by Crippen LogP contribution is 2.27. The molecule has 2 heterocycles. The zero-order valence-electron chi connectivity index (χ0n) is 8.71. The number of amides is 1. The third kappa shape index (κ3) is 1.44. The Bertz CT molecular complexity index is 481. The summed E-state index contributed by atoms with van der Waals surface area (Å²) in [6.45, 7) is 1.68. The van der Waals surface area contributed by atoms with E-state index in [1.165, 1.54) is 0 Å². The van der Waals surface area contributed by atoms with Crippen molar-refractivity contribution in [2.75, 3.05) is 0 Å². The molecule has 82 valence electrons. The first-order chi connectivity index (χ1) is 7.65. The number of H-pyrrole nitrogens is 1. The standard InChI is InChI=1S/C10H11N5O/c1-10(8(11)16,7-5-14-15-6-7)9-12-3-2-4-13-9/h2-6H,1H3,(H2,11,16)(H,14,15). The predicted octanol–water partition coefficient (Wildman–Crippen LogP) is -0.00900. The van der Waals surface area contributed by atoms with Crippen LogP contribution in [0.3, 0.4) is 0 Å². The maximum atomic E-state index is 11.6. The highest BCUT2D eigenvalue weighted by atomic mass is 16.1. The Hall–Kier alpha value is -2.24. The zero-order chi connectivity index (χ0) is 11.6. The van der Waals surface area contributed by atoms with E-state index in [0.29, 0.717) is 11.4 Å². The van der Waals surface area contributed by atoms with Gasteiger partial charge < -0.3 is 5.73 Å². The number of primary amides is 1. The number of aromatic nitrogens is 4. The molecule has 2 aromatic rings. The molecular formula is C10H11N5O. The zero-order valence-corrected chi connectivity index (χ0v) is 8.71. The van der Waals surface area contributed by atoms with Gasteiger partial charge in [-0.25, -0.2) is 9.97 Å². The second-order valence-electron chi connectivity index (χ2n) is 3.55. The van der Waals surface area contributed by atoms with Crippen LogP contribution in [-0.4, -0.2) is 26.1 Å². The van der Waals surface area contributed by atoms with Crippen LogP contribution in [0.4, 0.5) is 0 Å². The Morgan fingerprint density at radius 2 is 2.12 bits per heavy atom. The summed E-state index contributed by atoms with van der Waals surface area (Å²) in [5, 5.41) is 6.45. The van der Waals surface area contributed by atoms with Crippen molar-refractivity contribution in [3.8, 4) is 0 Å². The van der Waals surface area contributed by atoms with Crippen molar-refractivity contribution in [1.82, 2.24) is 20.2 Å². The van der Waals surface area contributed by atoms with Gasteiger partial charge in [-0.1, -0.05) is 0 Å². The monoisotopic (exact) mass is 217 g/mol. The van der Waals surface area contributed by atoms with Gasteiger partial charge in [-0.05, 0) is 13.0 Å². The van der Waals surface area contributed by atoms with Crippen LogP contribution in [0.15, 0.2) is 30.9 Å². The second kappa shape index (κ2) is 3.73. The average molecular weight is 217 g/mol. The van der Waals surface area contributed by atoms with Crippen LogP contribution in [-0.2, 0) is 10.2 Å². The molecule has 0 aliphatic heterocycles. The number of hydrogen-bond acceptors (Lipinski definition) is 4. The van der Waals surface area contributed by atoms with Crippen molar-refractivity contribution in [2.45, 2.75) is 12.3 Å². The third-order valence-corrected chi connectivity index (χ3v) is 2.58. The molecule has 0 saturated carbocycles. The normalized spacial score (nSPS) is 14.3. The van der Waals surface area contributed by atoms with Crippen LogP contribution in [0.25, 0.3) is 0 Å². The van der Waals surface area contributed by atoms with Gasteiger partial charge >= 0.3 is 0 Å². The van der Waals surface area contributed by atoms with Gasteiger partial charge in [0.2, 0.25) is 5.91 Å². The Balaban J connectivity index is 2.58. The van der Waals surface area contributed by atoms with Crippen LogP contribution in [0.2, 0.25) is 0 Å². The van der Waals surface area contributed by atoms with E-state index in [0.717, 1.165) is 0 Å². The summed E-state index contributed by atoms with van der Waals surface area (Å²) in [6.07, 6.45) is 6.30. The Kier molecular flexibility index (Phi) is 2.40. The highest BCUT2D eigenvalue weighted by molar-refractivity contribution is 5.89. The summed E-state index contributed by atoms with van der Waals surface area (Å²) in [5.74, 6) is -0.149. The van der Waals surface area contributed by atoms with Gasteiger partial charge in [0.05, 0.1) is 6.20 Å². The predicted molar refractivity (Wildman–Crippen MR) is 56.3 cm³/mol. The second-order valence-corrected chi connectivity index (χ2v) is 3.55. The van der Waals surface area contributed by atoms with Crippen LogP contribution in [0.1, 0.15) is 18.3 Å². The number of carbonyl (C=O) groups excluding carboxylic acids is 1. The highest BCUT2D eigenvalue weighted by Gasteiger charge is 2.38. The molecule has 1 unspecified atom stereocenters. The maximum absolute atomic E-state index is 11.6. The van der Waals surface area contributed by atoms with Crippen molar-refractivity contribution in [3.05, 3.63) is 42.2 Å². The molecule has 2 aromatic heterocycles. The van der Waals surface area contributed by atoms with Crippen LogP contribution in [0, 0.1) is 0 Å². The summed E-state index contributed by atoms with van der Waals surface area (Å²) < 4.78 is 0. The molecule has 0 aliphatic rings. The first kappa shape index (κ1) is 10.3. The summed E-state index contributed by atoms with van der Waals surface area (Å²) >= 11 is 0. The molecule has 0 bridgehead atoms. The lowest BCUT2D eigenvalue weighted by Gasteiger charge is -2.22. The fourth-order valence-electron chi connectivity index (χ4n) is 1.46. The van der Waals surface area contributed by atoms with Gasteiger partial charge in [0.1, 0.15) is 11.2 Å². The largest absolute Gasteiger partial charge is 0.369 e. The molecule has 6 heteroatoms. The van der Waals surface area contributed by atoms with Crippen molar-refractivity contribution in [1.29, 1.82) is 0 Å². The Labute approximate surface area is 91.9 Å². The van der Waals surface area contributed by atoms with Crippen LogP contribution < -0.4 is 5.73 Å². The molecule has 0 aromatic carbocycles. The van der Waals surface area contributed by atoms with Gasteiger partial charge in [0.25, 0.3) is 0 Å². The minimum Gasteiger partial charge on any atom is -0.369 e. The molecule has 0 spiro atoms. The van der Waals surface area contributed by atoms with Crippen LogP contribution in [0.5, 0.6) is 0 Å². The molecule has 3 N–H and O–H groups in total. The smallest absolute Gasteiger partial charge is 0.235 e. The molecule has 2 rings (SSSR count). The SMILES string of the molecule is CC(C(N)=O)(c1cn[nH]c1)c1ncccn1. The number of rotatable bonds is 3. The quantitative estimate of drug-likeness (QED) is 0.755. The number of nitrogens with two attached hydrogens (primary N) is 1. The molecule has 0 fully saturated rings. The number of hydrogen-bond donors (Lipinski definition) is 2. The number of aromatic amines is 1. The van der Waals surface area contributed by atoms with Crippen LogP contribution >= 0.6 is 0 Å². The van der Waals surface area contributed by atoms with Crippen molar-refractivity contribution < 1.29 is 4.79 Å². The summed E-state index contributed by atoms with van der Waals surface area (Å²) in [5.41, 5.74) is 5.02. The fourth-order valence-corrected chi connectivity index (χ4v) is 1.46. The molecular weight excluding hydrogens is 206 g/mol. The van der Waals surface area contributed by atoms with E-state index >= 15 is 0 Å². The molecule has 1 amide bonds. The van der Waals surface area contributed by atoms with Gasteiger partial charge in [-0.2, -0.15) is 5.10 Å². The summed E-state index contributed by atoms with van der Waals surface area (Å²) in [7, 11) is 0. The third-order valence-electron chi connectivity index (χ3n) is 2.58. The molecule has 0 saturated heterocycles. The Morgan fingerprint density at radius 3 is 2.62 bits per heavy atom. The van der Waals surface area contributed by atoms with Crippen molar-refractivity contribution in [3.63, 3.8) is 0 Å². The molecule has 6 nitrogen and oxygen atoms in total. The molecule has 0 radical (unpaired) electrons. The van der Waals surface area contributed by atoms with Gasteiger partial charge in [-0.3, -0.25) is 9.89 Å². The van der Waals surface area contributed by atoms with Crippen molar-refractivity contribution in [2.24, 2.45) is 5.73 Å². The van der Waals surface area contributed by atoms with E-state index in [1.807, 2.05) is 0 Å². The summed E-state index contributed by atoms with van der Waals surface area (Å²) in [6, 6.07) is 1.68. The van der Waals surface area contributed by atoms with E-state index in [1.54, 1.807) is 37.8 Å². The minimum absolute atomic E-state index is 0.365. The van der Waals surface area contributed by atoms with E-state index < -0.39 is 11.3 Å². The van der Waals surface area contributed by atoms with E-state index in [9.17, 15) is 4.79 Å². The lowest BCUT2D eigenvalue weighted by atomic mass is 9.82. The van der Waals surface area contributed by atoms with E-state index in [2.05, 4.69) is 20.2 Å². The number of carbonyl (C=O) groups is 1. The Morgan fingerprint density at radius 1 is 1.44 bits per heavy atom. The summed E-state index contributed by atoms with van der Waals surface area (Å²) in [4.78, 5) is 19.8. The lowest BCUT2D eigenvalue weighted by Crippen LogP contribution is -2.40. The lowest BCUT2D eigenvalue weighted by molar-refractivity contribution is -0.121. The number of nitrogens with zero attached hydrogens (tertiary/aromatic N) is 3. The fraction of sp³-hybridized carbons (Fsp3) is 0.200. The van der Waals surface area contributed by atoms with E-state index in [4.69, 9.17) is 5.73 Å². The van der Waals surface area contributed by atoms with Crippen molar-refractivity contribution >= 4 is 5.91 Å². The molecule has 1 atom stereocenters.